The van der Waals surface area contributed by atoms with E-state index in [1.54, 1.807) is 7.11 Å². The molecule has 0 unspecified atom stereocenters. The highest BCUT2D eigenvalue weighted by atomic mass is 16.5. The van der Waals surface area contributed by atoms with Crippen molar-refractivity contribution in [3.63, 3.8) is 0 Å². The molecule has 1 aromatic carbocycles. The number of rotatable bonds is 9. The molecule has 8 nitrogen and oxygen atoms in total. The van der Waals surface area contributed by atoms with Crippen molar-refractivity contribution < 1.29 is 19.1 Å². The molecule has 0 spiro atoms. The van der Waals surface area contributed by atoms with Gasteiger partial charge in [0.05, 0.1) is 13.2 Å². The smallest absolute Gasteiger partial charge is 0.321 e. The van der Waals surface area contributed by atoms with Gasteiger partial charge in [0.15, 0.2) is 0 Å². The zero-order chi connectivity index (χ0) is 20.2. The number of piperidine rings is 1. The Morgan fingerprint density at radius 1 is 1.11 bits per heavy atom. The zero-order valence-electron chi connectivity index (χ0n) is 16.4. The second kappa shape index (κ2) is 12.1. The van der Waals surface area contributed by atoms with Crippen molar-refractivity contribution in [2.75, 3.05) is 39.9 Å². The fourth-order valence-electron chi connectivity index (χ4n) is 3.12. The average molecular weight is 390 g/mol. The fourth-order valence-corrected chi connectivity index (χ4v) is 3.12. The number of carbonyl (C=O) groups excluding carboxylic acids is 3. The first kappa shape index (κ1) is 21.8. The summed E-state index contributed by atoms with van der Waals surface area (Å²) < 4.78 is 4.83. The van der Waals surface area contributed by atoms with E-state index in [2.05, 4.69) is 16.0 Å². The van der Waals surface area contributed by atoms with Crippen molar-refractivity contribution in [3.8, 4) is 0 Å². The minimum Gasteiger partial charge on any atom is -0.383 e. The number of methoxy groups -OCH3 is 1. The zero-order valence-corrected chi connectivity index (χ0v) is 16.4. The van der Waals surface area contributed by atoms with E-state index >= 15 is 0 Å². The second-order valence-corrected chi connectivity index (χ2v) is 6.90. The minimum absolute atomic E-state index is 0.0628. The molecule has 1 aliphatic heterocycles. The van der Waals surface area contributed by atoms with Gasteiger partial charge in [0, 0.05) is 39.2 Å². The summed E-state index contributed by atoms with van der Waals surface area (Å²) in [6.07, 6.45) is 2.80. The van der Waals surface area contributed by atoms with Crippen molar-refractivity contribution in [2.45, 2.75) is 31.7 Å². The Balaban J connectivity index is 1.59. The molecule has 1 saturated heterocycles. The lowest BCUT2D eigenvalue weighted by Gasteiger charge is -2.31. The van der Waals surface area contributed by atoms with Gasteiger partial charge in [-0.15, -0.1) is 0 Å². The van der Waals surface area contributed by atoms with E-state index in [1.807, 2.05) is 35.2 Å². The van der Waals surface area contributed by atoms with Crippen LogP contribution in [0.25, 0.3) is 0 Å². The number of aryl methyl sites for hydroxylation is 1. The van der Waals surface area contributed by atoms with Gasteiger partial charge in [0.2, 0.25) is 11.8 Å². The standard InChI is InChI=1S/C20H30N4O4/c1-28-14-11-21-20(27)23-19(26)15-24-12-9-17(10-13-24)22-18(25)8-7-16-5-3-2-4-6-16/h2-6,17H,7-15H2,1H3,(H,22,25)(H2,21,23,26,27). The molecule has 1 heterocycles. The van der Waals surface area contributed by atoms with E-state index in [4.69, 9.17) is 4.74 Å². The van der Waals surface area contributed by atoms with Crippen LogP contribution in [0.5, 0.6) is 0 Å². The van der Waals surface area contributed by atoms with Gasteiger partial charge in [0.25, 0.3) is 0 Å². The molecule has 28 heavy (non-hydrogen) atoms. The second-order valence-electron chi connectivity index (χ2n) is 6.90. The van der Waals surface area contributed by atoms with E-state index in [9.17, 15) is 14.4 Å². The van der Waals surface area contributed by atoms with Gasteiger partial charge < -0.3 is 15.4 Å². The fraction of sp³-hybridized carbons (Fsp3) is 0.550. The monoisotopic (exact) mass is 390 g/mol. The summed E-state index contributed by atoms with van der Waals surface area (Å²) in [6.45, 7) is 2.34. The Bertz CT molecular complexity index is 630. The molecule has 0 atom stereocenters. The SMILES string of the molecule is COCCNC(=O)NC(=O)CN1CCC(NC(=O)CCc2ccccc2)CC1. The normalized spacial score (nSPS) is 15.0. The van der Waals surface area contributed by atoms with Crippen LogP contribution in [0.1, 0.15) is 24.8 Å². The van der Waals surface area contributed by atoms with Crippen molar-refractivity contribution in [1.29, 1.82) is 0 Å². The molecule has 2 rings (SSSR count). The number of urea groups is 1. The Hall–Kier alpha value is -2.45. The molecule has 0 radical (unpaired) electrons. The summed E-state index contributed by atoms with van der Waals surface area (Å²) in [5.41, 5.74) is 1.16. The predicted molar refractivity (Wildman–Crippen MR) is 106 cm³/mol. The quantitative estimate of drug-likeness (QED) is 0.538. The van der Waals surface area contributed by atoms with E-state index in [1.165, 1.54) is 0 Å². The predicted octanol–water partition coefficient (Wildman–Crippen LogP) is 0.672. The lowest BCUT2D eigenvalue weighted by Crippen LogP contribution is -2.49. The van der Waals surface area contributed by atoms with Crippen LogP contribution in [0.2, 0.25) is 0 Å². The van der Waals surface area contributed by atoms with E-state index in [0.717, 1.165) is 24.8 Å². The molecular weight excluding hydrogens is 360 g/mol. The first-order valence-corrected chi connectivity index (χ1v) is 9.69. The number of carbonyl (C=O) groups is 3. The number of amides is 4. The molecule has 3 N–H and O–H groups in total. The summed E-state index contributed by atoms with van der Waals surface area (Å²) in [6, 6.07) is 9.59. The van der Waals surface area contributed by atoms with Crippen LogP contribution in [0.15, 0.2) is 30.3 Å². The number of hydrogen-bond donors (Lipinski definition) is 3. The number of imide groups is 1. The third kappa shape index (κ3) is 8.49. The van der Waals surface area contributed by atoms with Gasteiger partial charge in [-0.3, -0.25) is 19.8 Å². The molecule has 1 fully saturated rings. The maximum absolute atomic E-state index is 12.1. The van der Waals surface area contributed by atoms with Crippen LogP contribution in [-0.4, -0.2) is 68.7 Å². The molecule has 1 aliphatic rings. The Morgan fingerprint density at radius 2 is 1.82 bits per heavy atom. The Morgan fingerprint density at radius 3 is 2.50 bits per heavy atom. The summed E-state index contributed by atoms with van der Waals surface area (Å²) in [7, 11) is 1.54. The van der Waals surface area contributed by atoms with Gasteiger partial charge in [-0.1, -0.05) is 30.3 Å². The molecular formula is C20H30N4O4. The summed E-state index contributed by atoms with van der Waals surface area (Å²) in [5.74, 6) is -0.270. The molecule has 4 amide bonds. The lowest BCUT2D eigenvalue weighted by molar-refractivity contribution is -0.123. The third-order valence-corrected chi connectivity index (χ3v) is 4.65. The van der Waals surface area contributed by atoms with Crippen LogP contribution < -0.4 is 16.0 Å². The highest BCUT2D eigenvalue weighted by Crippen LogP contribution is 2.10. The van der Waals surface area contributed by atoms with Crippen LogP contribution in [0.3, 0.4) is 0 Å². The molecule has 8 heteroatoms. The number of likely N-dealkylation sites (tertiary alicyclic amines) is 1. The maximum Gasteiger partial charge on any atom is 0.321 e. The van der Waals surface area contributed by atoms with E-state index < -0.39 is 6.03 Å². The van der Waals surface area contributed by atoms with Gasteiger partial charge in [-0.2, -0.15) is 0 Å². The van der Waals surface area contributed by atoms with Gasteiger partial charge in [-0.25, -0.2) is 4.79 Å². The Labute approximate surface area is 166 Å². The van der Waals surface area contributed by atoms with Crippen LogP contribution in [-0.2, 0) is 20.7 Å². The Kier molecular flexibility index (Phi) is 9.44. The number of nitrogens with one attached hydrogen (secondary N) is 3. The summed E-state index contributed by atoms with van der Waals surface area (Å²) in [4.78, 5) is 37.6. The number of ether oxygens (including phenoxy) is 1. The van der Waals surface area contributed by atoms with E-state index in [0.29, 0.717) is 32.7 Å². The molecule has 0 aliphatic carbocycles. The van der Waals surface area contributed by atoms with Crippen LogP contribution in [0, 0.1) is 0 Å². The molecule has 1 aromatic rings. The molecule has 0 bridgehead atoms. The molecule has 0 saturated carbocycles. The number of hydrogen-bond acceptors (Lipinski definition) is 5. The molecule has 154 valence electrons. The average Bonchev–Trinajstić information content (AvgIpc) is 2.69. The first-order chi connectivity index (χ1) is 13.6. The van der Waals surface area contributed by atoms with Gasteiger partial charge in [-0.05, 0) is 24.8 Å². The largest absolute Gasteiger partial charge is 0.383 e. The first-order valence-electron chi connectivity index (χ1n) is 9.69. The summed E-state index contributed by atoms with van der Waals surface area (Å²) in [5, 5.41) is 7.93. The molecule has 0 aromatic heterocycles. The lowest BCUT2D eigenvalue weighted by atomic mass is 10.0. The third-order valence-electron chi connectivity index (χ3n) is 4.65. The highest BCUT2D eigenvalue weighted by molar-refractivity contribution is 5.95. The van der Waals surface area contributed by atoms with Gasteiger partial charge in [0.1, 0.15) is 0 Å². The highest BCUT2D eigenvalue weighted by Gasteiger charge is 2.22. The maximum atomic E-state index is 12.1. The van der Waals surface area contributed by atoms with Crippen LogP contribution >= 0.6 is 0 Å². The number of nitrogens with zero attached hydrogens (tertiary/aromatic N) is 1. The van der Waals surface area contributed by atoms with E-state index in [-0.39, 0.29) is 24.4 Å². The topological polar surface area (TPSA) is 99.8 Å². The van der Waals surface area contributed by atoms with Gasteiger partial charge >= 0.3 is 6.03 Å². The summed E-state index contributed by atoms with van der Waals surface area (Å²) >= 11 is 0. The van der Waals surface area contributed by atoms with Crippen LogP contribution in [0.4, 0.5) is 4.79 Å². The number of benzene rings is 1. The van der Waals surface area contributed by atoms with Crippen molar-refractivity contribution >= 4 is 17.8 Å². The van der Waals surface area contributed by atoms with Crippen molar-refractivity contribution in [3.05, 3.63) is 35.9 Å². The minimum atomic E-state index is -0.511. The van der Waals surface area contributed by atoms with Crippen molar-refractivity contribution in [2.24, 2.45) is 0 Å². The van der Waals surface area contributed by atoms with Crippen molar-refractivity contribution in [1.82, 2.24) is 20.9 Å².